The van der Waals surface area contributed by atoms with E-state index in [2.05, 4.69) is 52.0 Å². The molecule has 0 spiro atoms. The van der Waals surface area contributed by atoms with E-state index in [9.17, 15) is 5.11 Å². The first-order valence-electron chi connectivity index (χ1n) is 7.57. The van der Waals surface area contributed by atoms with Crippen molar-refractivity contribution in [3.8, 4) is 0 Å². The van der Waals surface area contributed by atoms with Crippen LogP contribution in [0.1, 0.15) is 31.7 Å². The Morgan fingerprint density at radius 2 is 2.14 bits per heavy atom. The van der Waals surface area contributed by atoms with Gasteiger partial charge >= 0.3 is 0 Å². The number of oxime groups is 1. The van der Waals surface area contributed by atoms with Crippen LogP contribution in [-0.2, 0) is 9.57 Å². The number of aliphatic hydroxyl groups is 1. The van der Waals surface area contributed by atoms with Crippen LogP contribution >= 0.6 is 22.6 Å². The Morgan fingerprint density at radius 1 is 1.41 bits per heavy atom. The first kappa shape index (κ1) is 16.0. The Labute approximate surface area is 144 Å². The molecule has 1 aromatic carbocycles. The molecule has 2 heterocycles. The third-order valence-electron chi connectivity index (χ3n) is 4.27. The number of nitrogens with zero attached hydrogens (tertiary/aromatic N) is 1. The average Bonchev–Trinajstić information content (AvgIpc) is 2.81. The number of aliphatic hydroxyl groups excluding tert-OH is 1. The lowest BCUT2D eigenvalue weighted by Gasteiger charge is -2.28. The van der Waals surface area contributed by atoms with Crippen molar-refractivity contribution in [1.29, 1.82) is 0 Å². The molecule has 2 unspecified atom stereocenters. The van der Waals surface area contributed by atoms with E-state index in [4.69, 9.17) is 9.57 Å². The van der Waals surface area contributed by atoms with E-state index in [0.29, 0.717) is 6.42 Å². The summed E-state index contributed by atoms with van der Waals surface area (Å²) in [5.41, 5.74) is 4.28. The Hall–Kier alpha value is -0.920. The molecule has 3 atom stereocenters. The topological polar surface area (TPSA) is 51.0 Å². The molecule has 0 aliphatic carbocycles. The average molecular weight is 413 g/mol. The van der Waals surface area contributed by atoms with Crippen LogP contribution in [0.3, 0.4) is 0 Å². The van der Waals surface area contributed by atoms with Gasteiger partial charge in [-0.2, -0.15) is 0 Å². The van der Waals surface area contributed by atoms with Crippen LogP contribution in [0.4, 0.5) is 0 Å². The highest BCUT2D eigenvalue weighted by molar-refractivity contribution is 14.1. The van der Waals surface area contributed by atoms with Gasteiger partial charge < -0.3 is 14.7 Å². The summed E-state index contributed by atoms with van der Waals surface area (Å²) in [7, 11) is 1.55. The monoisotopic (exact) mass is 413 g/mol. The molecule has 1 N–H and O–H groups in total. The summed E-state index contributed by atoms with van der Waals surface area (Å²) < 4.78 is 7.19. The summed E-state index contributed by atoms with van der Waals surface area (Å²) in [6, 6.07) is 8.48. The fourth-order valence-corrected chi connectivity index (χ4v) is 3.68. The van der Waals surface area contributed by atoms with Crippen molar-refractivity contribution < 1.29 is 14.7 Å². The number of benzene rings is 1. The zero-order valence-corrected chi connectivity index (χ0v) is 14.9. The van der Waals surface area contributed by atoms with Gasteiger partial charge in [-0.1, -0.05) is 24.2 Å². The summed E-state index contributed by atoms with van der Waals surface area (Å²) in [5.74, 6) is 0. The van der Waals surface area contributed by atoms with Crippen molar-refractivity contribution in [2.24, 2.45) is 5.16 Å². The number of hydrogen-bond acceptors (Lipinski definition) is 4. The van der Waals surface area contributed by atoms with Gasteiger partial charge in [0.2, 0.25) is 0 Å². The van der Waals surface area contributed by atoms with Crippen LogP contribution in [0.25, 0.3) is 5.57 Å². The van der Waals surface area contributed by atoms with Gasteiger partial charge in [0, 0.05) is 15.6 Å². The summed E-state index contributed by atoms with van der Waals surface area (Å²) in [5, 5.41) is 14.5. The van der Waals surface area contributed by atoms with Crippen LogP contribution in [0.5, 0.6) is 0 Å². The normalized spacial score (nSPS) is 28.2. The van der Waals surface area contributed by atoms with Crippen LogP contribution in [0.15, 0.2) is 35.0 Å². The van der Waals surface area contributed by atoms with Gasteiger partial charge in [0.05, 0.1) is 17.9 Å². The maximum Gasteiger partial charge on any atom is 0.111 e. The van der Waals surface area contributed by atoms with Gasteiger partial charge in [-0.05, 0) is 58.7 Å². The predicted octanol–water partition coefficient (Wildman–Crippen LogP) is 3.38. The van der Waals surface area contributed by atoms with E-state index in [1.807, 2.05) is 6.92 Å². The number of ether oxygens (including phenoxy) is 1. The van der Waals surface area contributed by atoms with Crippen LogP contribution < -0.4 is 0 Å². The SMILES string of the molecule is CCC(=NOC)C1=C(c2ccc(I)cc2)CC2CC(O)[C@H]1O2. The van der Waals surface area contributed by atoms with Crippen LogP contribution in [0, 0.1) is 3.57 Å². The number of fused-ring (bicyclic) bond motifs is 2. The standard InChI is InChI=1S/C17H20INO3/c1-3-14(19-21-2)16-13(10-4-6-11(18)7-5-10)8-12-9-15(20)17(16)22-12/h4-7,12,15,17,20H,3,8-9H2,1-2H3/t12?,15?,17-/m1/s1. The lowest BCUT2D eigenvalue weighted by Crippen LogP contribution is -2.31. The Morgan fingerprint density at radius 3 is 2.77 bits per heavy atom. The van der Waals surface area contributed by atoms with Gasteiger partial charge in [0.15, 0.2) is 0 Å². The first-order valence-corrected chi connectivity index (χ1v) is 8.64. The fraction of sp³-hybridized carbons (Fsp3) is 0.471. The van der Waals surface area contributed by atoms with Gasteiger partial charge in [0.25, 0.3) is 0 Å². The highest BCUT2D eigenvalue weighted by atomic mass is 127. The molecule has 1 fully saturated rings. The summed E-state index contributed by atoms with van der Waals surface area (Å²) in [4.78, 5) is 5.01. The second-order valence-corrected chi connectivity index (χ2v) is 6.90. The summed E-state index contributed by atoms with van der Waals surface area (Å²) in [6.45, 7) is 2.05. The quantitative estimate of drug-likeness (QED) is 0.468. The maximum absolute atomic E-state index is 10.3. The van der Waals surface area contributed by atoms with Crippen molar-refractivity contribution in [3.63, 3.8) is 0 Å². The minimum Gasteiger partial charge on any atom is -0.399 e. The van der Waals surface area contributed by atoms with E-state index in [1.165, 1.54) is 14.7 Å². The van der Waals surface area contributed by atoms with Gasteiger partial charge in [0.1, 0.15) is 13.2 Å². The van der Waals surface area contributed by atoms with Crippen molar-refractivity contribution in [3.05, 3.63) is 39.0 Å². The lowest BCUT2D eigenvalue weighted by molar-refractivity contribution is 0.0313. The molecule has 4 nitrogen and oxygen atoms in total. The van der Waals surface area contributed by atoms with Crippen LogP contribution in [-0.4, -0.2) is 36.2 Å². The molecule has 0 saturated carbocycles. The number of hydrogen-bond donors (Lipinski definition) is 1. The Kier molecular flexibility index (Phi) is 4.84. The smallest absolute Gasteiger partial charge is 0.111 e. The molecule has 5 heteroatoms. The third kappa shape index (κ3) is 2.94. The number of rotatable bonds is 4. The van der Waals surface area contributed by atoms with Crippen molar-refractivity contribution >= 4 is 33.9 Å². The molecule has 1 aromatic rings. The second-order valence-electron chi connectivity index (χ2n) is 5.66. The molecule has 2 aliphatic heterocycles. The van der Waals surface area contributed by atoms with Crippen molar-refractivity contribution in [2.75, 3.05) is 7.11 Å². The van der Waals surface area contributed by atoms with Crippen molar-refractivity contribution in [1.82, 2.24) is 0 Å². The lowest BCUT2D eigenvalue weighted by atomic mass is 9.88. The molecule has 118 valence electrons. The molecular formula is C17H20INO3. The minimum absolute atomic E-state index is 0.0960. The molecule has 2 aliphatic rings. The van der Waals surface area contributed by atoms with Gasteiger partial charge in [-0.25, -0.2) is 0 Å². The molecular weight excluding hydrogens is 393 g/mol. The van der Waals surface area contributed by atoms with E-state index < -0.39 is 6.10 Å². The van der Waals surface area contributed by atoms with Crippen molar-refractivity contribution in [2.45, 2.75) is 44.5 Å². The molecule has 0 radical (unpaired) electrons. The number of halogens is 1. The summed E-state index contributed by atoms with van der Waals surface area (Å²) in [6.07, 6.45) is 1.59. The zero-order valence-electron chi connectivity index (χ0n) is 12.8. The van der Waals surface area contributed by atoms with E-state index in [0.717, 1.165) is 24.1 Å². The zero-order chi connectivity index (χ0) is 15.7. The van der Waals surface area contributed by atoms with E-state index in [-0.39, 0.29) is 12.2 Å². The highest BCUT2D eigenvalue weighted by Crippen LogP contribution is 2.42. The molecule has 0 aromatic heterocycles. The molecule has 3 rings (SSSR count). The van der Waals surface area contributed by atoms with Crippen LogP contribution in [0.2, 0.25) is 0 Å². The van der Waals surface area contributed by atoms with Gasteiger partial charge in [-0.15, -0.1) is 0 Å². The molecule has 22 heavy (non-hydrogen) atoms. The van der Waals surface area contributed by atoms with E-state index in [1.54, 1.807) is 7.11 Å². The molecule has 2 bridgehead atoms. The third-order valence-corrected chi connectivity index (χ3v) is 4.99. The molecule has 0 amide bonds. The molecule has 1 saturated heterocycles. The second kappa shape index (κ2) is 6.68. The minimum atomic E-state index is -0.463. The van der Waals surface area contributed by atoms with Gasteiger partial charge in [-0.3, -0.25) is 0 Å². The van der Waals surface area contributed by atoms with E-state index >= 15 is 0 Å². The largest absolute Gasteiger partial charge is 0.399 e. The Bertz CT molecular complexity index is 609. The summed E-state index contributed by atoms with van der Waals surface area (Å²) >= 11 is 2.31. The Balaban J connectivity index is 2.12. The highest BCUT2D eigenvalue weighted by Gasteiger charge is 2.43. The predicted molar refractivity (Wildman–Crippen MR) is 94.7 cm³/mol. The first-order chi connectivity index (χ1) is 10.6. The maximum atomic E-state index is 10.3. The fourth-order valence-electron chi connectivity index (χ4n) is 3.32.